The molecule has 0 saturated carbocycles. The summed E-state index contributed by atoms with van der Waals surface area (Å²) < 4.78 is 1.58. The van der Waals surface area contributed by atoms with Crippen LogP contribution in [0.25, 0.3) is 16.6 Å². The molecule has 3 N–H and O–H groups in total. The van der Waals surface area contributed by atoms with Gasteiger partial charge in [-0.2, -0.15) is 5.10 Å². The zero-order valence-electron chi connectivity index (χ0n) is 14.0. The second-order valence-electron chi connectivity index (χ2n) is 5.58. The van der Waals surface area contributed by atoms with Gasteiger partial charge in [-0.1, -0.05) is 29.3 Å². The molecule has 140 valence electrons. The van der Waals surface area contributed by atoms with Crippen molar-refractivity contribution in [2.24, 2.45) is 0 Å². The van der Waals surface area contributed by atoms with Crippen molar-refractivity contribution >= 4 is 57.7 Å². The van der Waals surface area contributed by atoms with Gasteiger partial charge >= 0.3 is 6.09 Å². The van der Waals surface area contributed by atoms with Gasteiger partial charge in [0, 0.05) is 18.5 Å². The highest BCUT2D eigenvalue weighted by molar-refractivity contribution is 6.37. The van der Waals surface area contributed by atoms with Crippen LogP contribution in [-0.2, 0) is 0 Å². The molecule has 11 heteroatoms. The lowest BCUT2D eigenvalue weighted by Crippen LogP contribution is -2.09. The van der Waals surface area contributed by atoms with Gasteiger partial charge < -0.3 is 10.4 Å². The van der Waals surface area contributed by atoms with E-state index < -0.39 is 6.09 Å². The van der Waals surface area contributed by atoms with Crippen molar-refractivity contribution in [3.05, 3.63) is 59.1 Å². The highest BCUT2D eigenvalue weighted by atomic mass is 35.5. The molecule has 1 aromatic carbocycles. The van der Waals surface area contributed by atoms with E-state index in [2.05, 4.69) is 30.7 Å². The Bertz CT molecular complexity index is 1180. The van der Waals surface area contributed by atoms with Gasteiger partial charge in [-0.3, -0.25) is 5.32 Å². The average Bonchev–Trinajstić information content (AvgIpc) is 3.06. The molecule has 0 saturated heterocycles. The average molecular weight is 416 g/mol. The summed E-state index contributed by atoms with van der Waals surface area (Å²) in [6.45, 7) is 0. The summed E-state index contributed by atoms with van der Waals surface area (Å²) in [5.74, 6) is 0.977. The predicted molar refractivity (Wildman–Crippen MR) is 106 cm³/mol. The largest absolute Gasteiger partial charge is 0.465 e. The van der Waals surface area contributed by atoms with Crippen molar-refractivity contribution < 1.29 is 9.90 Å². The number of carboxylic acid groups (broad SMARTS) is 1. The maximum absolute atomic E-state index is 10.8. The topological polar surface area (TPSA) is 118 Å². The first-order chi connectivity index (χ1) is 13.5. The fourth-order valence-electron chi connectivity index (χ4n) is 2.59. The third-order valence-corrected chi connectivity index (χ3v) is 4.36. The maximum atomic E-state index is 10.8. The quantitative estimate of drug-likeness (QED) is 0.453. The number of benzene rings is 1. The molecule has 0 unspecified atom stereocenters. The molecule has 0 spiro atoms. The normalized spacial score (nSPS) is 10.8. The van der Waals surface area contributed by atoms with Gasteiger partial charge in [-0.15, -0.1) is 0 Å². The second kappa shape index (κ2) is 7.29. The zero-order chi connectivity index (χ0) is 19.7. The van der Waals surface area contributed by atoms with E-state index in [0.29, 0.717) is 38.3 Å². The molecule has 0 aliphatic rings. The Kier molecular flexibility index (Phi) is 4.68. The first-order valence-corrected chi connectivity index (χ1v) is 8.64. The maximum Gasteiger partial charge on any atom is 0.410 e. The van der Waals surface area contributed by atoms with Crippen LogP contribution in [0.5, 0.6) is 0 Å². The number of hydrogen-bond acceptors (Lipinski definition) is 6. The Hall–Kier alpha value is -3.43. The minimum atomic E-state index is -1.22. The Morgan fingerprint density at radius 2 is 1.82 bits per heavy atom. The number of rotatable bonds is 4. The van der Waals surface area contributed by atoms with Gasteiger partial charge in [-0.25, -0.2) is 24.4 Å². The van der Waals surface area contributed by atoms with Gasteiger partial charge in [-0.05, 0) is 18.2 Å². The third-order valence-electron chi connectivity index (χ3n) is 3.75. The lowest BCUT2D eigenvalue weighted by Gasteiger charge is -2.07. The number of pyridine rings is 1. The number of nitrogens with zero attached hydrogens (tertiary/aromatic N) is 5. The van der Waals surface area contributed by atoms with E-state index in [-0.39, 0.29) is 5.82 Å². The van der Waals surface area contributed by atoms with Crippen LogP contribution in [0, 0.1) is 0 Å². The molecule has 0 radical (unpaired) electrons. The summed E-state index contributed by atoms with van der Waals surface area (Å²) in [5, 5.41) is 20.1. The summed E-state index contributed by atoms with van der Waals surface area (Å²) in [7, 11) is 0. The highest BCUT2D eigenvalue weighted by Gasteiger charge is 2.13. The van der Waals surface area contributed by atoms with E-state index in [1.54, 1.807) is 41.3 Å². The van der Waals surface area contributed by atoms with Gasteiger partial charge in [0.2, 0.25) is 0 Å². The lowest BCUT2D eigenvalue weighted by atomic mass is 10.3. The second-order valence-corrected chi connectivity index (χ2v) is 6.39. The molecule has 4 aromatic rings. The van der Waals surface area contributed by atoms with Crippen molar-refractivity contribution in [1.82, 2.24) is 24.7 Å². The predicted octanol–water partition coefficient (Wildman–Crippen LogP) is 4.35. The van der Waals surface area contributed by atoms with Crippen LogP contribution < -0.4 is 10.6 Å². The molecule has 3 heterocycles. The van der Waals surface area contributed by atoms with Crippen LogP contribution >= 0.6 is 23.2 Å². The van der Waals surface area contributed by atoms with Crippen LogP contribution in [0.3, 0.4) is 0 Å². The summed E-state index contributed by atoms with van der Waals surface area (Å²) >= 11 is 12.5. The molecular formula is C17H11Cl2N7O2. The fourth-order valence-corrected chi connectivity index (χ4v) is 3.16. The molecule has 3 aromatic heterocycles. The van der Waals surface area contributed by atoms with E-state index in [4.69, 9.17) is 28.3 Å². The molecular weight excluding hydrogens is 405 g/mol. The molecule has 0 bridgehead atoms. The Morgan fingerprint density at radius 3 is 2.57 bits per heavy atom. The van der Waals surface area contributed by atoms with Gasteiger partial charge in [0.05, 0.1) is 20.9 Å². The lowest BCUT2D eigenvalue weighted by molar-refractivity contribution is 0.209. The van der Waals surface area contributed by atoms with Gasteiger partial charge in [0.15, 0.2) is 0 Å². The molecule has 28 heavy (non-hydrogen) atoms. The van der Waals surface area contributed by atoms with Gasteiger partial charge in [0.25, 0.3) is 0 Å². The molecule has 0 aliphatic heterocycles. The molecule has 9 nitrogen and oxygen atoms in total. The number of nitrogens with one attached hydrogen (secondary N) is 2. The van der Waals surface area contributed by atoms with E-state index in [1.165, 1.54) is 12.4 Å². The molecule has 4 rings (SSSR count). The number of fused-ring (bicyclic) bond motifs is 1. The Morgan fingerprint density at radius 1 is 1.07 bits per heavy atom. The number of hydrogen-bond donors (Lipinski definition) is 3. The van der Waals surface area contributed by atoms with E-state index in [0.717, 1.165) is 0 Å². The highest BCUT2D eigenvalue weighted by Crippen LogP contribution is 2.31. The first-order valence-electron chi connectivity index (χ1n) is 7.89. The molecule has 1 amide bonds. The van der Waals surface area contributed by atoms with Crippen LogP contribution in [0.15, 0.2) is 49.1 Å². The van der Waals surface area contributed by atoms with Crippen LogP contribution in [0.4, 0.5) is 22.2 Å². The Labute approximate surface area is 168 Å². The summed E-state index contributed by atoms with van der Waals surface area (Å²) in [4.78, 5) is 23.0. The smallest absolute Gasteiger partial charge is 0.410 e. The summed E-state index contributed by atoms with van der Waals surface area (Å²) in [5.41, 5.74) is 1.22. The van der Waals surface area contributed by atoms with Crippen molar-refractivity contribution in [2.45, 2.75) is 0 Å². The van der Waals surface area contributed by atoms with E-state index in [9.17, 15) is 4.79 Å². The SMILES string of the molecule is O=C(O)Nc1cc(Nc2nccc3nn(-c4c(Cl)cccc4Cl)cc23)ncn1. The van der Waals surface area contributed by atoms with Crippen LogP contribution in [0.2, 0.25) is 10.0 Å². The first kappa shape index (κ1) is 18.0. The number of para-hydroxylation sites is 1. The fraction of sp³-hybridized carbons (Fsp3) is 0. The van der Waals surface area contributed by atoms with Crippen molar-refractivity contribution in [1.29, 1.82) is 0 Å². The van der Waals surface area contributed by atoms with E-state index in [1.807, 2.05) is 0 Å². The van der Waals surface area contributed by atoms with Crippen LogP contribution in [0.1, 0.15) is 0 Å². The number of anilines is 3. The van der Waals surface area contributed by atoms with Crippen molar-refractivity contribution in [2.75, 3.05) is 10.6 Å². The van der Waals surface area contributed by atoms with Gasteiger partial charge in [0.1, 0.15) is 29.5 Å². The third kappa shape index (κ3) is 3.53. The monoisotopic (exact) mass is 415 g/mol. The molecule has 0 atom stereocenters. The standard InChI is InChI=1S/C17H11Cl2N7O2/c18-10-2-1-3-11(19)15(10)26-7-9-12(25-26)4-5-20-16(9)23-13-6-14(22-8-21-13)24-17(27)28/h1-8H,(H,27,28)(H2,20,21,22,23,24). The number of carbonyl (C=O) groups is 1. The Balaban J connectivity index is 1.73. The number of amides is 1. The number of aromatic nitrogens is 5. The molecule has 0 fully saturated rings. The minimum absolute atomic E-state index is 0.135. The zero-order valence-corrected chi connectivity index (χ0v) is 15.5. The van der Waals surface area contributed by atoms with Crippen molar-refractivity contribution in [3.8, 4) is 5.69 Å². The van der Waals surface area contributed by atoms with E-state index >= 15 is 0 Å². The number of halogens is 2. The molecule has 0 aliphatic carbocycles. The minimum Gasteiger partial charge on any atom is -0.465 e. The summed E-state index contributed by atoms with van der Waals surface area (Å²) in [6, 6.07) is 8.40. The van der Waals surface area contributed by atoms with Crippen LogP contribution in [-0.4, -0.2) is 35.9 Å². The van der Waals surface area contributed by atoms with Crippen molar-refractivity contribution in [3.63, 3.8) is 0 Å². The summed E-state index contributed by atoms with van der Waals surface area (Å²) in [6.07, 6.45) is 3.35.